The van der Waals surface area contributed by atoms with Crippen LogP contribution in [0.5, 0.6) is 0 Å². The van der Waals surface area contributed by atoms with Crippen LogP contribution in [0.3, 0.4) is 0 Å². The number of hydrogen-bond donors (Lipinski definition) is 1. The molecule has 2 aromatic rings. The van der Waals surface area contributed by atoms with Gasteiger partial charge >= 0.3 is 0 Å². The Labute approximate surface area is 145 Å². The lowest BCUT2D eigenvalue weighted by molar-refractivity contribution is 0.243. The predicted octanol–water partition coefficient (Wildman–Crippen LogP) is 2.76. The number of nitrogens with zero attached hydrogens (tertiary/aromatic N) is 4. The summed E-state index contributed by atoms with van der Waals surface area (Å²) >= 11 is 0. The van der Waals surface area contributed by atoms with Gasteiger partial charge in [-0.2, -0.15) is 5.10 Å². The van der Waals surface area contributed by atoms with Crippen LogP contribution in [0.1, 0.15) is 24.8 Å². The van der Waals surface area contributed by atoms with Crippen molar-refractivity contribution in [3.05, 3.63) is 30.2 Å². The van der Waals surface area contributed by atoms with Gasteiger partial charge in [0.05, 0.1) is 0 Å². The maximum atomic E-state index is 4.56. The molecule has 2 aromatic heterocycles. The number of hydrogen-bond acceptors (Lipinski definition) is 4. The first kappa shape index (κ1) is 16.6. The lowest BCUT2D eigenvalue weighted by Gasteiger charge is -2.34. The van der Waals surface area contributed by atoms with E-state index in [-0.39, 0.29) is 34.0 Å². The summed E-state index contributed by atoms with van der Waals surface area (Å²) in [5, 5.41) is 6.72. The lowest BCUT2D eigenvalue weighted by atomic mass is 9.75. The molecule has 4 rings (SSSR count). The van der Waals surface area contributed by atoms with Crippen LogP contribution in [0.4, 0.5) is 0 Å². The molecule has 2 atom stereocenters. The molecule has 2 bridgehead atoms. The van der Waals surface area contributed by atoms with Crippen molar-refractivity contribution < 1.29 is 0 Å². The molecule has 0 aromatic carbocycles. The first-order chi connectivity index (χ1) is 9.36. The average molecular weight is 417 g/mol. The molecule has 114 valence electrons. The Morgan fingerprint density at radius 1 is 1.10 bits per heavy atom. The van der Waals surface area contributed by atoms with Crippen molar-refractivity contribution in [2.24, 2.45) is 0 Å². The van der Waals surface area contributed by atoms with Crippen molar-refractivity contribution in [2.75, 3.05) is 19.6 Å². The van der Waals surface area contributed by atoms with Crippen LogP contribution in [-0.4, -0.2) is 44.7 Å². The minimum Gasteiger partial charge on any atom is -0.302 e. The standard InChI is InChI=1S/C14H17N5.2BrH/c1-4-14(5-7-19(6-1)9-14)11-2-3-12(15-8-11)13-16-10-17-18-13;;/h2-3,8,10H,1,4-7,9H2,(H,16,17,18);2*1H. The zero-order valence-corrected chi connectivity index (χ0v) is 15.1. The van der Waals surface area contributed by atoms with E-state index in [2.05, 4.69) is 37.2 Å². The maximum Gasteiger partial charge on any atom is 0.174 e. The summed E-state index contributed by atoms with van der Waals surface area (Å²) in [6.45, 7) is 3.71. The molecular weight excluding hydrogens is 398 g/mol. The monoisotopic (exact) mass is 415 g/mol. The van der Waals surface area contributed by atoms with Crippen LogP contribution in [-0.2, 0) is 5.41 Å². The molecule has 4 heterocycles. The Kier molecular flexibility index (Phi) is 5.16. The van der Waals surface area contributed by atoms with Crippen LogP contribution in [0.15, 0.2) is 24.7 Å². The molecule has 2 fully saturated rings. The summed E-state index contributed by atoms with van der Waals surface area (Å²) in [4.78, 5) is 11.3. The first-order valence-electron chi connectivity index (χ1n) is 6.90. The number of halogens is 2. The van der Waals surface area contributed by atoms with Crippen molar-refractivity contribution >= 4 is 34.0 Å². The topological polar surface area (TPSA) is 57.7 Å². The molecule has 0 amide bonds. The van der Waals surface area contributed by atoms with E-state index in [1.807, 2.05) is 6.20 Å². The largest absolute Gasteiger partial charge is 0.302 e. The van der Waals surface area contributed by atoms with Crippen LogP contribution >= 0.6 is 34.0 Å². The van der Waals surface area contributed by atoms with Crippen LogP contribution in [0, 0.1) is 0 Å². The van der Waals surface area contributed by atoms with Gasteiger partial charge in [-0.15, -0.1) is 34.0 Å². The van der Waals surface area contributed by atoms with E-state index < -0.39 is 0 Å². The lowest BCUT2D eigenvalue weighted by Crippen LogP contribution is -2.36. The molecular formula is C14H19Br2N5. The Balaban J connectivity index is 0.000000807. The second kappa shape index (κ2) is 6.54. The van der Waals surface area contributed by atoms with Gasteiger partial charge in [-0.05, 0) is 44.0 Å². The van der Waals surface area contributed by atoms with Gasteiger partial charge in [0.2, 0.25) is 0 Å². The van der Waals surface area contributed by atoms with E-state index in [4.69, 9.17) is 0 Å². The number of aromatic amines is 1. The fraction of sp³-hybridized carbons (Fsp3) is 0.500. The number of rotatable bonds is 2. The molecule has 7 heteroatoms. The number of aromatic nitrogens is 4. The molecule has 0 aliphatic carbocycles. The number of fused-ring (bicyclic) bond motifs is 2. The molecule has 0 spiro atoms. The third-order valence-corrected chi connectivity index (χ3v) is 4.60. The van der Waals surface area contributed by atoms with E-state index in [1.165, 1.54) is 50.8 Å². The molecule has 2 unspecified atom stereocenters. The fourth-order valence-corrected chi connectivity index (χ4v) is 3.55. The Hall–Kier alpha value is -0.790. The molecule has 5 nitrogen and oxygen atoms in total. The second-order valence-electron chi connectivity index (χ2n) is 5.68. The molecule has 2 saturated heterocycles. The second-order valence-corrected chi connectivity index (χ2v) is 5.68. The highest BCUT2D eigenvalue weighted by Gasteiger charge is 2.42. The zero-order valence-electron chi connectivity index (χ0n) is 11.7. The predicted molar refractivity (Wildman–Crippen MR) is 92.2 cm³/mol. The number of piperidine rings is 1. The van der Waals surface area contributed by atoms with Crippen LogP contribution in [0.2, 0.25) is 0 Å². The van der Waals surface area contributed by atoms with E-state index >= 15 is 0 Å². The molecule has 0 saturated carbocycles. The van der Waals surface area contributed by atoms with Gasteiger partial charge in [0.15, 0.2) is 5.82 Å². The summed E-state index contributed by atoms with van der Waals surface area (Å²) in [6.07, 6.45) is 7.43. The third kappa shape index (κ3) is 2.91. The van der Waals surface area contributed by atoms with Crippen molar-refractivity contribution in [2.45, 2.75) is 24.7 Å². The molecule has 1 N–H and O–H groups in total. The van der Waals surface area contributed by atoms with E-state index in [0.717, 1.165) is 11.5 Å². The maximum absolute atomic E-state index is 4.56. The molecule has 2 aliphatic rings. The first-order valence-corrected chi connectivity index (χ1v) is 6.90. The van der Waals surface area contributed by atoms with E-state index in [9.17, 15) is 0 Å². The molecule has 0 radical (unpaired) electrons. The highest BCUT2D eigenvalue weighted by molar-refractivity contribution is 8.93. The number of nitrogens with one attached hydrogen (secondary N) is 1. The van der Waals surface area contributed by atoms with Gasteiger partial charge in [-0.25, -0.2) is 4.98 Å². The van der Waals surface area contributed by atoms with Gasteiger partial charge in [-0.1, -0.05) is 6.07 Å². The van der Waals surface area contributed by atoms with Crippen LogP contribution < -0.4 is 0 Å². The van der Waals surface area contributed by atoms with Crippen molar-refractivity contribution in [3.8, 4) is 11.5 Å². The van der Waals surface area contributed by atoms with Gasteiger partial charge in [0, 0.05) is 18.2 Å². The number of pyridine rings is 1. The summed E-state index contributed by atoms with van der Waals surface area (Å²) in [5.74, 6) is 0.737. The fourth-order valence-electron chi connectivity index (χ4n) is 3.55. The van der Waals surface area contributed by atoms with Gasteiger partial charge in [-0.3, -0.25) is 10.1 Å². The normalized spacial score (nSPS) is 26.8. The summed E-state index contributed by atoms with van der Waals surface area (Å²) in [6, 6.07) is 4.28. The number of H-pyrrole nitrogens is 1. The minimum absolute atomic E-state index is 0. The third-order valence-electron chi connectivity index (χ3n) is 4.60. The summed E-state index contributed by atoms with van der Waals surface area (Å²) in [7, 11) is 0. The average Bonchev–Trinajstić information content (AvgIpc) is 3.09. The van der Waals surface area contributed by atoms with Crippen molar-refractivity contribution in [1.82, 2.24) is 25.1 Å². The van der Waals surface area contributed by atoms with Crippen molar-refractivity contribution in [1.29, 1.82) is 0 Å². The van der Waals surface area contributed by atoms with Gasteiger partial charge in [0.25, 0.3) is 0 Å². The van der Waals surface area contributed by atoms with E-state index in [0.29, 0.717) is 5.41 Å². The quantitative estimate of drug-likeness (QED) is 0.817. The molecule has 21 heavy (non-hydrogen) atoms. The highest BCUT2D eigenvalue weighted by atomic mass is 79.9. The Bertz CT molecular complexity index is 568. The Morgan fingerprint density at radius 2 is 2.00 bits per heavy atom. The van der Waals surface area contributed by atoms with E-state index in [1.54, 1.807) is 0 Å². The Morgan fingerprint density at radius 3 is 2.71 bits per heavy atom. The molecule has 2 aliphatic heterocycles. The minimum atomic E-state index is 0. The summed E-state index contributed by atoms with van der Waals surface area (Å²) in [5.41, 5.74) is 2.60. The van der Waals surface area contributed by atoms with Gasteiger partial charge < -0.3 is 4.90 Å². The van der Waals surface area contributed by atoms with Crippen molar-refractivity contribution in [3.63, 3.8) is 0 Å². The smallest absolute Gasteiger partial charge is 0.174 e. The SMILES string of the molecule is Br.Br.c1n[nH]c(-c2ccc(C34CCCN(CC3)C4)cn2)n1. The van der Waals surface area contributed by atoms with Gasteiger partial charge in [0.1, 0.15) is 12.0 Å². The highest BCUT2D eigenvalue weighted by Crippen LogP contribution is 2.41. The summed E-state index contributed by atoms with van der Waals surface area (Å²) < 4.78 is 0. The zero-order chi connectivity index (χ0) is 12.7. The van der Waals surface area contributed by atoms with Crippen LogP contribution in [0.25, 0.3) is 11.5 Å².